The Labute approximate surface area is 225 Å². The van der Waals surface area contributed by atoms with Crippen molar-refractivity contribution < 1.29 is 57.0 Å². The minimum atomic E-state index is -5.22. The first-order valence-electron chi connectivity index (χ1n) is 10.2. The van der Waals surface area contributed by atoms with Gasteiger partial charge in [-0.3, -0.25) is 18.2 Å². The summed E-state index contributed by atoms with van der Waals surface area (Å²) < 4.78 is 133. The number of nitrogens with zero attached hydrogens (tertiary/aromatic N) is 2. The fourth-order valence-electron chi connectivity index (χ4n) is 3.82. The molecule has 0 bridgehead atoms. The highest BCUT2D eigenvalue weighted by molar-refractivity contribution is 7.86. The van der Waals surface area contributed by atoms with E-state index in [4.69, 9.17) is 5.73 Å². The van der Waals surface area contributed by atoms with E-state index in [0.717, 1.165) is 42.5 Å². The van der Waals surface area contributed by atoms with Crippen LogP contribution in [0.1, 0.15) is 0 Å². The Morgan fingerprint density at radius 2 is 1.23 bits per heavy atom. The highest BCUT2D eigenvalue weighted by Gasteiger charge is 2.26. The van der Waals surface area contributed by atoms with Gasteiger partial charge in [-0.1, -0.05) is 12.1 Å². The number of benzene rings is 4. The zero-order valence-corrected chi connectivity index (χ0v) is 22.5. The molecule has 40 heavy (non-hydrogen) atoms. The molecule has 0 aliphatic heterocycles. The van der Waals surface area contributed by atoms with Gasteiger partial charge in [0.2, 0.25) is 0 Å². The predicted octanol–water partition coefficient (Wildman–Crippen LogP) is 2.68. The van der Waals surface area contributed by atoms with Gasteiger partial charge in [0.1, 0.15) is 21.2 Å². The van der Waals surface area contributed by atoms with Crippen molar-refractivity contribution in [3.63, 3.8) is 0 Å². The van der Waals surface area contributed by atoms with E-state index in [2.05, 4.69) is 10.2 Å². The van der Waals surface area contributed by atoms with Gasteiger partial charge in [0, 0.05) is 16.5 Å². The maximum Gasteiger partial charge on any atom is 0.297 e. The minimum absolute atomic E-state index is 0.0868. The van der Waals surface area contributed by atoms with E-state index in [1.807, 2.05) is 0 Å². The number of anilines is 1. The first-order chi connectivity index (χ1) is 18.2. The van der Waals surface area contributed by atoms with Gasteiger partial charge in [-0.2, -0.15) is 33.7 Å². The average molecular weight is 634 g/mol. The Morgan fingerprint density at radius 3 is 1.77 bits per heavy atom. The van der Waals surface area contributed by atoms with E-state index < -0.39 is 82.9 Å². The van der Waals surface area contributed by atoms with Crippen LogP contribution >= 0.6 is 0 Å². The monoisotopic (exact) mass is 633 g/mol. The lowest BCUT2D eigenvalue weighted by Crippen LogP contribution is -2.03. The zero-order chi connectivity index (χ0) is 30.0. The summed E-state index contributed by atoms with van der Waals surface area (Å²) in [6, 6.07) is 6.88. The van der Waals surface area contributed by atoms with Crippen molar-refractivity contribution in [3.8, 4) is 5.75 Å². The molecule has 0 aliphatic rings. The van der Waals surface area contributed by atoms with Crippen LogP contribution in [0.2, 0.25) is 0 Å². The van der Waals surface area contributed by atoms with Crippen LogP contribution in [0.3, 0.4) is 0 Å². The standard InChI is InChI=1S/C20H15N3O13S4/c21-14-8-12(38(28,29)30)6-10-7-16(39(31,32)33)18(19(24)17(10)14)23-22-15-4-1-9-5-11(37(25,26)27)2-3-13(9)20(15)40(34,35)36/h1-8,24H,21H2,(H,25,26,27)(H,28,29,30)(H,31,32,33)(H,34,35,36). The number of nitrogens with two attached hydrogens (primary N) is 1. The van der Waals surface area contributed by atoms with Crippen LogP contribution < -0.4 is 5.73 Å². The second-order valence-corrected chi connectivity index (χ2v) is 13.7. The lowest BCUT2D eigenvalue weighted by Gasteiger charge is -2.12. The summed E-state index contributed by atoms with van der Waals surface area (Å²) in [5.74, 6) is -1.04. The van der Waals surface area contributed by atoms with E-state index in [9.17, 15) is 57.0 Å². The van der Waals surface area contributed by atoms with Crippen LogP contribution in [0, 0.1) is 0 Å². The Balaban J connectivity index is 2.03. The number of fused-ring (bicyclic) bond motifs is 2. The number of aromatic hydroxyl groups is 1. The second-order valence-electron chi connectivity index (χ2n) is 8.08. The Hall–Kier alpha value is -3.76. The number of phenols is 1. The van der Waals surface area contributed by atoms with E-state index in [-0.39, 0.29) is 21.5 Å². The first-order valence-corrected chi connectivity index (χ1v) is 15.9. The summed E-state index contributed by atoms with van der Waals surface area (Å²) in [5, 5.41) is 16.8. The SMILES string of the molecule is Nc1cc(S(=O)(=O)O)cc2cc(S(=O)(=O)O)c(N=Nc3ccc4cc(S(=O)(=O)O)ccc4c3S(=O)(=O)O)c(O)c12. The highest BCUT2D eigenvalue weighted by Crippen LogP contribution is 2.45. The van der Waals surface area contributed by atoms with E-state index >= 15 is 0 Å². The third kappa shape index (κ3) is 5.46. The van der Waals surface area contributed by atoms with Crippen molar-refractivity contribution in [1.29, 1.82) is 0 Å². The molecule has 0 atom stereocenters. The van der Waals surface area contributed by atoms with E-state index in [1.165, 1.54) is 0 Å². The molecule has 0 unspecified atom stereocenters. The van der Waals surface area contributed by atoms with Crippen molar-refractivity contribution in [3.05, 3.63) is 48.5 Å². The van der Waals surface area contributed by atoms with Crippen LogP contribution in [0.5, 0.6) is 5.75 Å². The zero-order valence-electron chi connectivity index (χ0n) is 19.2. The smallest absolute Gasteiger partial charge is 0.297 e. The molecule has 0 radical (unpaired) electrons. The van der Waals surface area contributed by atoms with Crippen molar-refractivity contribution >= 4 is 79.1 Å². The molecule has 0 aliphatic carbocycles. The van der Waals surface area contributed by atoms with Gasteiger partial charge in [0.25, 0.3) is 40.5 Å². The molecular weight excluding hydrogens is 618 g/mol. The van der Waals surface area contributed by atoms with E-state index in [0.29, 0.717) is 6.07 Å². The molecule has 20 heteroatoms. The number of hydrogen-bond acceptors (Lipinski definition) is 12. The summed E-state index contributed by atoms with van der Waals surface area (Å²) in [7, 11) is -19.8. The van der Waals surface area contributed by atoms with Crippen LogP contribution in [-0.2, 0) is 40.5 Å². The molecule has 0 heterocycles. The summed E-state index contributed by atoms with van der Waals surface area (Å²) in [5.41, 5.74) is 3.71. The van der Waals surface area contributed by atoms with Gasteiger partial charge >= 0.3 is 0 Å². The fraction of sp³-hybridized carbons (Fsp3) is 0. The van der Waals surface area contributed by atoms with Crippen molar-refractivity contribution in [2.24, 2.45) is 10.2 Å². The van der Waals surface area contributed by atoms with Gasteiger partial charge in [-0.25, -0.2) is 0 Å². The molecule has 0 spiro atoms. The van der Waals surface area contributed by atoms with Crippen LogP contribution in [-0.4, -0.2) is 57.0 Å². The van der Waals surface area contributed by atoms with Crippen LogP contribution in [0.15, 0.2) is 78.3 Å². The summed E-state index contributed by atoms with van der Waals surface area (Å²) in [6.45, 7) is 0. The van der Waals surface area contributed by atoms with Crippen LogP contribution in [0.4, 0.5) is 17.1 Å². The number of hydrogen-bond donors (Lipinski definition) is 6. The molecule has 212 valence electrons. The van der Waals surface area contributed by atoms with Gasteiger partial charge < -0.3 is 10.8 Å². The van der Waals surface area contributed by atoms with Gasteiger partial charge in [0.15, 0.2) is 5.75 Å². The maximum absolute atomic E-state index is 12.2. The molecule has 7 N–H and O–H groups in total. The Kier molecular flexibility index (Phi) is 6.88. The molecule has 4 rings (SSSR count). The highest BCUT2D eigenvalue weighted by atomic mass is 32.2. The van der Waals surface area contributed by atoms with Gasteiger partial charge in [0.05, 0.1) is 9.79 Å². The maximum atomic E-state index is 12.2. The largest absolute Gasteiger partial charge is 0.505 e. The van der Waals surface area contributed by atoms with Crippen molar-refractivity contribution in [2.75, 3.05) is 5.73 Å². The number of nitrogen functional groups attached to an aromatic ring is 1. The van der Waals surface area contributed by atoms with Crippen LogP contribution in [0.25, 0.3) is 21.5 Å². The molecule has 16 nitrogen and oxygen atoms in total. The first kappa shape index (κ1) is 29.2. The molecule has 4 aromatic carbocycles. The summed E-state index contributed by atoms with van der Waals surface area (Å²) in [4.78, 5) is -3.40. The third-order valence-electron chi connectivity index (χ3n) is 5.46. The number of phenolic OH excluding ortho intramolecular Hbond substituents is 1. The van der Waals surface area contributed by atoms with Crippen molar-refractivity contribution in [2.45, 2.75) is 19.6 Å². The molecule has 0 saturated carbocycles. The predicted molar refractivity (Wildman–Crippen MR) is 137 cm³/mol. The molecule has 0 aromatic heterocycles. The fourth-order valence-corrected chi connectivity index (χ4v) is 6.38. The van der Waals surface area contributed by atoms with Gasteiger partial charge in [-0.15, -0.1) is 10.2 Å². The Morgan fingerprint density at radius 1 is 0.625 bits per heavy atom. The third-order valence-corrected chi connectivity index (χ3v) is 8.96. The lowest BCUT2D eigenvalue weighted by molar-refractivity contribution is 0.472. The minimum Gasteiger partial charge on any atom is -0.505 e. The lowest BCUT2D eigenvalue weighted by atomic mass is 10.1. The summed E-state index contributed by atoms with van der Waals surface area (Å²) >= 11 is 0. The van der Waals surface area contributed by atoms with E-state index in [1.54, 1.807) is 0 Å². The second kappa shape index (κ2) is 9.42. The topological polar surface area (TPSA) is 288 Å². The molecule has 4 aromatic rings. The number of azo groups is 1. The molecule has 0 saturated heterocycles. The summed E-state index contributed by atoms with van der Waals surface area (Å²) in [6.07, 6.45) is 0. The molecule has 0 fully saturated rings. The number of rotatable bonds is 6. The Bertz CT molecular complexity index is 2230. The van der Waals surface area contributed by atoms with Crippen molar-refractivity contribution in [1.82, 2.24) is 0 Å². The molecule has 0 amide bonds. The normalized spacial score (nSPS) is 13.4. The average Bonchev–Trinajstić information content (AvgIpc) is 2.79. The molecular formula is C20H15N3O13S4. The van der Waals surface area contributed by atoms with Gasteiger partial charge in [-0.05, 0) is 47.2 Å². The quantitative estimate of drug-likeness (QED) is 0.101.